The second-order valence-corrected chi connectivity index (χ2v) is 11.1. The molecule has 3 saturated heterocycles. The predicted molar refractivity (Wildman–Crippen MR) is 143 cm³/mol. The van der Waals surface area contributed by atoms with Crippen molar-refractivity contribution in [3.63, 3.8) is 0 Å². The van der Waals surface area contributed by atoms with E-state index in [2.05, 4.69) is 15.2 Å². The van der Waals surface area contributed by atoms with Gasteiger partial charge in [-0.25, -0.2) is 0 Å². The molecule has 3 fully saturated rings. The molecule has 9 heteroatoms. The lowest BCUT2D eigenvalue weighted by Gasteiger charge is -2.38. The van der Waals surface area contributed by atoms with Gasteiger partial charge in [0.2, 0.25) is 11.8 Å². The van der Waals surface area contributed by atoms with Gasteiger partial charge in [0.15, 0.2) is 0 Å². The number of anilines is 1. The average Bonchev–Trinajstić information content (AvgIpc) is 3.57. The lowest BCUT2D eigenvalue weighted by Crippen LogP contribution is -2.57. The molecule has 1 spiro atoms. The van der Waals surface area contributed by atoms with Gasteiger partial charge in [0.25, 0.3) is 5.91 Å². The fraction of sp³-hybridized carbons (Fsp3) is 0.517. The van der Waals surface area contributed by atoms with Crippen LogP contribution in [0.25, 0.3) is 0 Å². The zero-order valence-corrected chi connectivity index (χ0v) is 22.0. The number of nitrogens with one attached hydrogen (secondary N) is 1. The minimum atomic E-state index is -0.944. The van der Waals surface area contributed by atoms with Crippen LogP contribution in [0, 0.1) is 5.92 Å². The number of benzene rings is 1. The van der Waals surface area contributed by atoms with Gasteiger partial charge in [-0.1, -0.05) is 18.2 Å². The van der Waals surface area contributed by atoms with E-state index >= 15 is 0 Å². The van der Waals surface area contributed by atoms with Crippen LogP contribution < -0.4 is 10.2 Å². The third kappa shape index (κ3) is 4.08. The molecule has 1 aromatic carbocycles. The van der Waals surface area contributed by atoms with Crippen molar-refractivity contribution in [1.29, 1.82) is 0 Å². The molecule has 4 aliphatic heterocycles. The van der Waals surface area contributed by atoms with Crippen molar-refractivity contribution in [2.24, 2.45) is 5.92 Å². The standard InChI is InChI=1S/C29H36N6O3/c1-32(19-21-9-12-30-13-10-21)20-26(36)33-14-5-11-31-27(37)24-18-22-6-4-15-35(22)29(24)23-7-2-3-8-25(23)34(17-16-33)28(29)38/h2-3,7-10,12-13,22,24H,4-6,11,14-20H2,1H3,(H,31,37)/t22-,24-,29+/m0/s1. The molecule has 3 atom stereocenters. The van der Waals surface area contributed by atoms with Gasteiger partial charge in [0.1, 0.15) is 5.54 Å². The number of para-hydroxylation sites is 1. The highest BCUT2D eigenvalue weighted by molar-refractivity contribution is 6.11. The van der Waals surface area contributed by atoms with Crippen molar-refractivity contribution >= 4 is 23.4 Å². The summed E-state index contributed by atoms with van der Waals surface area (Å²) in [6.45, 7) is 3.67. The Labute approximate surface area is 223 Å². The van der Waals surface area contributed by atoms with Crippen molar-refractivity contribution in [2.45, 2.75) is 43.8 Å². The fourth-order valence-corrected chi connectivity index (χ4v) is 7.16. The average molecular weight is 517 g/mol. The van der Waals surface area contributed by atoms with E-state index in [4.69, 9.17) is 0 Å². The molecule has 0 saturated carbocycles. The van der Waals surface area contributed by atoms with Crippen molar-refractivity contribution < 1.29 is 14.4 Å². The van der Waals surface area contributed by atoms with E-state index in [1.54, 1.807) is 12.4 Å². The number of hydrogen-bond acceptors (Lipinski definition) is 6. The summed E-state index contributed by atoms with van der Waals surface area (Å²) in [5, 5.41) is 3.13. The van der Waals surface area contributed by atoms with Gasteiger partial charge >= 0.3 is 0 Å². The Morgan fingerprint density at radius 3 is 2.74 bits per heavy atom. The van der Waals surface area contributed by atoms with Crippen molar-refractivity contribution in [3.8, 4) is 0 Å². The zero-order chi connectivity index (χ0) is 26.3. The molecule has 200 valence electrons. The lowest BCUT2D eigenvalue weighted by molar-refractivity contribution is -0.139. The van der Waals surface area contributed by atoms with E-state index < -0.39 is 11.5 Å². The van der Waals surface area contributed by atoms with Gasteiger partial charge in [-0.3, -0.25) is 29.2 Å². The quantitative estimate of drug-likeness (QED) is 0.664. The first-order chi connectivity index (χ1) is 18.5. The lowest BCUT2D eigenvalue weighted by atomic mass is 9.78. The Balaban J connectivity index is 1.26. The summed E-state index contributed by atoms with van der Waals surface area (Å²) < 4.78 is 0. The highest BCUT2D eigenvalue weighted by Gasteiger charge is 2.67. The zero-order valence-electron chi connectivity index (χ0n) is 22.0. The SMILES string of the molecule is CN(CC(=O)N1CCCNC(=O)[C@@H]2C[C@@H]3CCCN3[C@@]23C(=O)N(CC1)c1ccccc13)Cc1ccncc1. The fourth-order valence-electron chi connectivity index (χ4n) is 7.16. The number of amides is 3. The Morgan fingerprint density at radius 2 is 1.89 bits per heavy atom. The number of carbonyl (C=O) groups excluding carboxylic acids is 3. The molecule has 4 aliphatic rings. The van der Waals surface area contributed by atoms with E-state index in [1.165, 1.54) is 0 Å². The van der Waals surface area contributed by atoms with Crippen molar-refractivity contribution in [3.05, 3.63) is 59.9 Å². The minimum Gasteiger partial charge on any atom is -0.356 e. The van der Waals surface area contributed by atoms with E-state index in [-0.39, 0.29) is 30.3 Å². The molecule has 2 bridgehead atoms. The molecule has 6 rings (SSSR count). The van der Waals surface area contributed by atoms with Crippen LogP contribution in [0.5, 0.6) is 0 Å². The maximum absolute atomic E-state index is 14.4. The van der Waals surface area contributed by atoms with E-state index in [9.17, 15) is 14.4 Å². The summed E-state index contributed by atoms with van der Waals surface area (Å²) in [6, 6.07) is 12.1. The summed E-state index contributed by atoms with van der Waals surface area (Å²) in [6.07, 6.45) is 6.98. The van der Waals surface area contributed by atoms with E-state index in [0.29, 0.717) is 45.6 Å². The van der Waals surface area contributed by atoms with Crippen LogP contribution in [0.3, 0.4) is 0 Å². The Bertz CT molecular complexity index is 1220. The van der Waals surface area contributed by atoms with Crippen molar-refractivity contribution in [2.75, 3.05) is 51.2 Å². The first kappa shape index (κ1) is 25.0. The molecule has 0 radical (unpaired) electrons. The summed E-state index contributed by atoms with van der Waals surface area (Å²) in [5.41, 5.74) is 1.98. The Hall–Kier alpha value is -3.30. The molecule has 9 nitrogen and oxygen atoms in total. The van der Waals surface area contributed by atoms with Gasteiger partial charge in [-0.15, -0.1) is 0 Å². The number of aromatic nitrogens is 1. The molecular formula is C29H36N6O3. The third-order valence-corrected chi connectivity index (χ3v) is 8.79. The van der Waals surface area contributed by atoms with Crippen LogP contribution in [0.2, 0.25) is 0 Å². The second kappa shape index (κ2) is 10.1. The van der Waals surface area contributed by atoms with Gasteiger partial charge < -0.3 is 15.1 Å². The number of rotatable bonds is 4. The molecule has 2 aromatic rings. The van der Waals surface area contributed by atoms with E-state index in [1.807, 2.05) is 58.1 Å². The molecular weight excluding hydrogens is 480 g/mol. The summed E-state index contributed by atoms with van der Waals surface area (Å²) >= 11 is 0. The van der Waals surface area contributed by atoms with Gasteiger partial charge in [0.05, 0.1) is 12.5 Å². The molecule has 1 aromatic heterocycles. The highest BCUT2D eigenvalue weighted by atomic mass is 16.2. The van der Waals surface area contributed by atoms with Crippen LogP contribution in [0.15, 0.2) is 48.8 Å². The molecule has 0 aliphatic carbocycles. The summed E-state index contributed by atoms with van der Waals surface area (Å²) in [5.74, 6) is -0.422. The molecule has 38 heavy (non-hydrogen) atoms. The number of nitrogens with zero attached hydrogens (tertiary/aromatic N) is 5. The Morgan fingerprint density at radius 1 is 1.08 bits per heavy atom. The first-order valence-corrected chi connectivity index (χ1v) is 13.8. The molecule has 0 unspecified atom stereocenters. The van der Waals surface area contributed by atoms with Crippen LogP contribution in [0.4, 0.5) is 5.69 Å². The maximum atomic E-state index is 14.4. The second-order valence-electron chi connectivity index (χ2n) is 11.1. The molecule has 1 N–H and O–H groups in total. The van der Waals surface area contributed by atoms with Crippen LogP contribution in [-0.4, -0.2) is 89.8 Å². The van der Waals surface area contributed by atoms with Crippen molar-refractivity contribution in [1.82, 2.24) is 25.0 Å². The smallest absolute Gasteiger partial charge is 0.253 e. The van der Waals surface area contributed by atoms with Gasteiger partial charge in [0, 0.05) is 62.4 Å². The van der Waals surface area contributed by atoms with Gasteiger partial charge in [-0.05, 0) is 63.0 Å². The van der Waals surface area contributed by atoms with Crippen LogP contribution >= 0.6 is 0 Å². The number of likely N-dealkylation sites (N-methyl/N-ethyl adjacent to an activating group) is 1. The number of pyridine rings is 1. The largest absolute Gasteiger partial charge is 0.356 e. The van der Waals surface area contributed by atoms with Gasteiger partial charge in [-0.2, -0.15) is 0 Å². The Kier molecular flexibility index (Phi) is 6.65. The number of carbonyl (C=O) groups is 3. The predicted octanol–water partition coefficient (Wildman–Crippen LogP) is 1.59. The normalized spacial score (nSPS) is 27.4. The highest BCUT2D eigenvalue weighted by Crippen LogP contribution is 2.56. The number of fused-ring (bicyclic) bond motifs is 4. The van der Waals surface area contributed by atoms with Crippen LogP contribution in [0.1, 0.15) is 36.8 Å². The minimum absolute atomic E-state index is 0.00831. The monoisotopic (exact) mass is 516 g/mol. The third-order valence-electron chi connectivity index (χ3n) is 8.79. The number of hydrogen-bond donors (Lipinski definition) is 1. The molecule has 3 amide bonds. The summed E-state index contributed by atoms with van der Waals surface area (Å²) in [7, 11) is 1.94. The first-order valence-electron chi connectivity index (χ1n) is 13.8. The topological polar surface area (TPSA) is 89.1 Å². The summed E-state index contributed by atoms with van der Waals surface area (Å²) in [4.78, 5) is 53.5. The maximum Gasteiger partial charge on any atom is 0.253 e. The van der Waals surface area contributed by atoms with E-state index in [0.717, 1.165) is 36.2 Å². The van der Waals surface area contributed by atoms with Crippen LogP contribution in [-0.2, 0) is 26.5 Å². The molecule has 5 heterocycles.